The van der Waals surface area contributed by atoms with Gasteiger partial charge in [-0.2, -0.15) is 0 Å². The van der Waals surface area contributed by atoms with Gasteiger partial charge in [-0.25, -0.2) is 5.11 Å². The Balaban J connectivity index is 2.82. The van der Waals surface area contributed by atoms with Crippen LogP contribution in [0.5, 0.6) is 0 Å². The van der Waals surface area contributed by atoms with Crippen molar-refractivity contribution in [2.45, 2.75) is 25.6 Å². The van der Waals surface area contributed by atoms with Crippen LogP contribution < -0.4 is 0 Å². The maximum atomic E-state index is 9.97. The molecule has 0 aliphatic heterocycles. The number of aliphatic hydroxyl groups excluding tert-OH is 1. The molecular weight excluding hydrogens is 139 g/mol. The highest BCUT2D eigenvalue weighted by Gasteiger charge is 1.97. The molecule has 0 bridgehead atoms. The molecule has 0 fully saturated rings. The zero-order chi connectivity index (χ0) is 7.11. The molecule has 4 heteroatoms. The molecule has 1 atom stereocenters. The number of aliphatic hydroxyl groups is 1. The first kappa shape index (κ1) is 9.02. The Labute approximate surface area is 55.9 Å². The number of unbranched alkanes of at least 4 members (excludes halogenated alkanes) is 1. The monoisotopic (exact) mass is 149 g/mol. The minimum absolute atomic E-state index is 0.124. The van der Waals surface area contributed by atoms with Crippen molar-refractivity contribution < 1.29 is 14.8 Å². The van der Waals surface area contributed by atoms with Gasteiger partial charge in [-0.15, -0.1) is 0 Å². The molecular formula is C5H10O3P. The Kier molecular flexibility index (Phi) is 6.16. The third-order valence-electron chi connectivity index (χ3n) is 0.950. The Morgan fingerprint density at radius 2 is 2.11 bits per heavy atom. The van der Waals surface area contributed by atoms with Gasteiger partial charge < -0.3 is 5.11 Å². The number of rotatable bonds is 5. The molecule has 1 N–H and O–H groups in total. The lowest BCUT2D eigenvalue weighted by Gasteiger charge is -1.96. The van der Waals surface area contributed by atoms with E-state index in [0.717, 1.165) is 6.42 Å². The van der Waals surface area contributed by atoms with Crippen molar-refractivity contribution in [3.05, 3.63) is 0 Å². The molecule has 0 amide bonds. The molecule has 0 spiro atoms. The van der Waals surface area contributed by atoms with Crippen molar-refractivity contribution >= 4 is 8.46 Å². The number of hydrogen-bond donors (Lipinski definition) is 1. The molecule has 9 heavy (non-hydrogen) atoms. The fourth-order valence-electron chi connectivity index (χ4n) is 0.495. The van der Waals surface area contributed by atoms with E-state index in [-0.39, 0.29) is 14.9 Å². The predicted molar refractivity (Wildman–Crippen MR) is 33.0 cm³/mol. The summed E-state index contributed by atoms with van der Waals surface area (Å²) < 4.78 is 9.81. The molecule has 0 aromatic rings. The van der Waals surface area contributed by atoms with E-state index in [9.17, 15) is 9.67 Å². The van der Waals surface area contributed by atoms with Crippen LogP contribution in [0, 0.1) is 0 Å². The van der Waals surface area contributed by atoms with Crippen LogP contribution in [0.4, 0.5) is 0 Å². The van der Waals surface area contributed by atoms with Gasteiger partial charge in [0.15, 0.2) is 14.8 Å². The molecule has 53 valence electrons. The highest BCUT2D eigenvalue weighted by molar-refractivity contribution is 7.23. The second kappa shape index (κ2) is 6.14. The van der Waals surface area contributed by atoms with Gasteiger partial charge in [-0.05, 0) is 12.8 Å². The van der Waals surface area contributed by atoms with E-state index < -0.39 is 6.29 Å². The Bertz CT molecular complexity index is 74.6. The molecule has 0 aromatic heterocycles. The molecule has 1 radical (unpaired) electrons. The maximum absolute atomic E-state index is 9.97. The lowest BCUT2D eigenvalue weighted by Crippen LogP contribution is -2.00. The summed E-state index contributed by atoms with van der Waals surface area (Å²) in [6.07, 6.45) is 0.834. The standard InChI is InChI=1S/C5H10O3P/c6-5(7)3-1-2-4-9-8/h5-6H,1-4H2. The van der Waals surface area contributed by atoms with Crippen molar-refractivity contribution in [2.75, 3.05) is 6.16 Å². The van der Waals surface area contributed by atoms with Gasteiger partial charge >= 0.3 is 0 Å². The highest BCUT2D eigenvalue weighted by Crippen LogP contribution is 2.03. The summed E-state index contributed by atoms with van der Waals surface area (Å²) in [7, 11) is 0.124. The molecule has 1 unspecified atom stereocenters. The van der Waals surface area contributed by atoms with Crippen LogP contribution in [-0.2, 0) is 9.67 Å². The van der Waals surface area contributed by atoms with Gasteiger partial charge in [-0.1, -0.05) is 0 Å². The zero-order valence-corrected chi connectivity index (χ0v) is 6.01. The van der Waals surface area contributed by atoms with E-state index in [2.05, 4.69) is 0 Å². The van der Waals surface area contributed by atoms with Gasteiger partial charge in [0, 0.05) is 12.6 Å². The third-order valence-corrected chi connectivity index (χ3v) is 1.45. The van der Waals surface area contributed by atoms with Crippen LogP contribution in [-0.4, -0.2) is 17.6 Å². The Hall–Kier alpha value is 0.0200. The smallest absolute Gasteiger partial charge is 0.188 e. The highest BCUT2D eigenvalue weighted by atomic mass is 31.1. The van der Waals surface area contributed by atoms with Crippen molar-refractivity contribution in [2.24, 2.45) is 0 Å². The molecule has 3 nitrogen and oxygen atoms in total. The minimum Gasteiger partial charge on any atom is -0.366 e. The Morgan fingerprint density at radius 3 is 2.56 bits per heavy atom. The fourth-order valence-corrected chi connectivity index (χ4v) is 0.848. The SMILES string of the molecule is [O]C(O)CCCCP=O. The molecule has 0 rings (SSSR count). The Morgan fingerprint density at radius 1 is 1.44 bits per heavy atom. The van der Waals surface area contributed by atoms with Crippen LogP contribution in [0.1, 0.15) is 19.3 Å². The predicted octanol–water partition coefficient (Wildman–Crippen LogP) is 1.20. The molecule has 0 heterocycles. The fraction of sp³-hybridized carbons (Fsp3) is 1.00. The van der Waals surface area contributed by atoms with Gasteiger partial charge in [0.1, 0.15) is 0 Å². The molecule has 0 aromatic carbocycles. The first-order valence-electron chi connectivity index (χ1n) is 2.90. The quantitative estimate of drug-likeness (QED) is 0.362. The second-order valence-electron chi connectivity index (χ2n) is 1.80. The summed E-state index contributed by atoms with van der Waals surface area (Å²) in [4.78, 5) is 0. The second-order valence-corrected chi connectivity index (χ2v) is 2.51. The van der Waals surface area contributed by atoms with E-state index in [1.165, 1.54) is 0 Å². The van der Waals surface area contributed by atoms with Gasteiger partial charge in [0.05, 0.1) is 0 Å². The lowest BCUT2D eigenvalue weighted by molar-refractivity contribution is -0.0965. The first-order valence-corrected chi connectivity index (χ1v) is 3.90. The number of hydrogen-bond acceptors (Lipinski definition) is 2. The van der Waals surface area contributed by atoms with Gasteiger partial charge in [-0.3, -0.25) is 4.57 Å². The van der Waals surface area contributed by atoms with E-state index in [1.807, 2.05) is 0 Å². The topological polar surface area (TPSA) is 57.2 Å². The van der Waals surface area contributed by atoms with Gasteiger partial charge in [0.2, 0.25) is 0 Å². The average molecular weight is 149 g/mol. The minimum atomic E-state index is -1.45. The van der Waals surface area contributed by atoms with Crippen LogP contribution in [0.15, 0.2) is 0 Å². The van der Waals surface area contributed by atoms with E-state index >= 15 is 0 Å². The van der Waals surface area contributed by atoms with Crippen LogP contribution in [0.3, 0.4) is 0 Å². The lowest BCUT2D eigenvalue weighted by atomic mass is 10.2. The third kappa shape index (κ3) is 8.02. The van der Waals surface area contributed by atoms with Crippen molar-refractivity contribution in [3.63, 3.8) is 0 Å². The van der Waals surface area contributed by atoms with Crippen LogP contribution >= 0.6 is 8.46 Å². The summed E-state index contributed by atoms with van der Waals surface area (Å²) in [5.41, 5.74) is 0. The molecule has 0 aliphatic rings. The van der Waals surface area contributed by atoms with E-state index in [1.54, 1.807) is 0 Å². The first-order chi connectivity index (χ1) is 4.27. The molecule has 0 aliphatic carbocycles. The normalized spacial score (nSPS) is 11.0. The van der Waals surface area contributed by atoms with E-state index in [4.69, 9.17) is 5.11 Å². The zero-order valence-electron chi connectivity index (χ0n) is 5.12. The summed E-state index contributed by atoms with van der Waals surface area (Å²) in [6, 6.07) is 0. The summed E-state index contributed by atoms with van der Waals surface area (Å²) in [5.74, 6) is 0. The molecule has 0 saturated carbocycles. The van der Waals surface area contributed by atoms with Crippen LogP contribution in [0.25, 0.3) is 0 Å². The van der Waals surface area contributed by atoms with Crippen molar-refractivity contribution in [3.8, 4) is 0 Å². The van der Waals surface area contributed by atoms with E-state index in [0.29, 0.717) is 12.6 Å². The van der Waals surface area contributed by atoms with Crippen molar-refractivity contribution in [1.82, 2.24) is 0 Å². The summed E-state index contributed by atoms with van der Waals surface area (Å²) in [5, 5.41) is 18.2. The summed E-state index contributed by atoms with van der Waals surface area (Å²) >= 11 is 0. The average Bonchev–Trinajstić information content (AvgIpc) is 1.80. The van der Waals surface area contributed by atoms with Gasteiger partial charge in [0.25, 0.3) is 0 Å². The van der Waals surface area contributed by atoms with Crippen molar-refractivity contribution in [1.29, 1.82) is 0 Å². The van der Waals surface area contributed by atoms with Crippen LogP contribution in [0.2, 0.25) is 0 Å². The summed E-state index contributed by atoms with van der Waals surface area (Å²) in [6.45, 7) is 0. The largest absolute Gasteiger partial charge is 0.366 e. The maximum Gasteiger partial charge on any atom is 0.188 e. The molecule has 0 saturated heterocycles.